The maximum Gasteiger partial charge on any atom is 0.213 e. The van der Waals surface area contributed by atoms with E-state index in [9.17, 15) is 5.26 Å². The SMILES string of the molecule is CCOc1cc(-c2ccc(N3C[C@H](N)[C@H](Oc4ccccn4)C3)nc2)c2c(C#N)cnn2c1. The van der Waals surface area contributed by atoms with Gasteiger partial charge in [-0.15, -0.1) is 0 Å². The molecule has 0 aliphatic carbocycles. The number of hydrogen-bond donors (Lipinski definition) is 1. The smallest absolute Gasteiger partial charge is 0.213 e. The summed E-state index contributed by atoms with van der Waals surface area (Å²) in [4.78, 5) is 11.0. The number of hydrogen-bond acceptors (Lipinski definition) is 8. The highest BCUT2D eigenvalue weighted by molar-refractivity contribution is 5.85. The van der Waals surface area contributed by atoms with Crippen LogP contribution in [0.3, 0.4) is 0 Å². The second-order valence-corrected chi connectivity index (χ2v) is 7.78. The number of rotatable bonds is 6. The van der Waals surface area contributed by atoms with Crippen molar-refractivity contribution in [3.63, 3.8) is 0 Å². The van der Waals surface area contributed by atoms with Gasteiger partial charge < -0.3 is 20.1 Å². The minimum Gasteiger partial charge on any atom is -0.492 e. The summed E-state index contributed by atoms with van der Waals surface area (Å²) >= 11 is 0. The Morgan fingerprint density at radius 1 is 1.18 bits per heavy atom. The molecule has 1 fully saturated rings. The van der Waals surface area contributed by atoms with Crippen molar-refractivity contribution in [2.75, 3.05) is 24.6 Å². The van der Waals surface area contributed by atoms with Crippen molar-refractivity contribution in [3.05, 3.63) is 66.7 Å². The second kappa shape index (κ2) is 8.76. The third-order valence-electron chi connectivity index (χ3n) is 5.62. The van der Waals surface area contributed by atoms with Gasteiger partial charge in [-0.2, -0.15) is 10.4 Å². The van der Waals surface area contributed by atoms with Crippen molar-refractivity contribution in [2.24, 2.45) is 5.73 Å². The molecule has 5 heterocycles. The predicted octanol–water partition coefficient (Wildman–Crippen LogP) is 2.66. The average molecular weight is 441 g/mol. The van der Waals surface area contributed by atoms with Crippen LogP contribution in [0.4, 0.5) is 5.82 Å². The molecule has 9 nitrogen and oxygen atoms in total. The van der Waals surface area contributed by atoms with Gasteiger partial charge in [0.1, 0.15) is 23.7 Å². The minimum absolute atomic E-state index is 0.152. The number of nitrogens with zero attached hydrogens (tertiary/aromatic N) is 6. The molecule has 166 valence electrons. The summed E-state index contributed by atoms with van der Waals surface area (Å²) in [7, 11) is 0. The maximum absolute atomic E-state index is 9.53. The summed E-state index contributed by atoms with van der Waals surface area (Å²) in [5.41, 5.74) is 9.25. The summed E-state index contributed by atoms with van der Waals surface area (Å²) in [6.45, 7) is 3.71. The second-order valence-electron chi connectivity index (χ2n) is 7.78. The van der Waals surface area contributed by atoms with Gasteiger partial charge in [-0.3, -0.25) is 0 Å². The van der Waals surface area contributed by atoms with E-state index < -0.39 is 0 Å². The number of nitrogens with two attached hydrogens (primary N) is 1. The molecule has 33 heavy (non-hydrogen) atoms. The van der Waals surface area contributed by atoms with E-state index in [2.05, 4.69) is 26.0 Å². The van der Waals surface area contributed by atoms with E-state index in [1.807, 2.05) is 43.3 Å². The molecule has 0 radical (unpaired) electrons. The lowest BCUT2D eigenvalue weighted by molar-refractivity contribution is 0.198. The van der Waals surface area contributed by atoms with E-state index in [1.165, 1.54) is 0 Å². The Kier molecular flexibility index (Phi) is 5.50. The summed E-state index contributed by atoms with van der Waals surface area (Å²) in [5, 5.41) is 13.8. The lowest BCUT2D eigenvalue weighted by Gasteiger charge is -2.18. The van der Waals surface area contributed by atoms with Gasteiger partial charge in [0, 0.05) is 36.1 Å². The van der Waals surface area contributed by atoms with E-state index in [4.69, 9.17) is 15.2 Å². The number of pyridine rings is 3. The Balaban J connectivity index is 1.41. The van der Waals surface area contributed by atoms with Crippen LogP contribution in [0, 0.1) is 11.3 Å². The molecule has 4 aromatic heterocycles. The first-order valence-electron chi connectivity index (χ1n) is 10.7. The third kappa shape index (κ3) is 4.04. The van der Waals surface area contributed by atoms with E-state index in [0.717, 1.165) is 22.5 Å². The van der Waals surface area contributed by atoms with Crippen LogP contribution in [0.2, 0.25) is 0 Å². The van der Waals surface area contributed by atoms with E-state index in [0.29, 0.717) is 36.9 Å². The van der Waals surface area contributed by atoms with Crippen molar-refractivity contribution < 1.29 is 9.47 Å². The Hall–Kier alpha value is -4.16. The number of ether oxygens (including phenoxy) is 2. The van der Waals surface area contributed by atoms with Gasteiger partial charge in [-0.1, -0.05) is 6.07 Å². The van der Waals surface area contributed by atoms with Crippen molar-refractivity contribution in [1.29, 1.82) is 5.26 Å². The Morgan fingerprint density at radius 3 is 2.82 bits per heavy atom. The molecule has 1 aliphatic heterocycles. The van der Waals surface area contributed by atoms with Crippen molar-refractivity contribution in [2.45, 2.75) is 19.1 Å². The highest BCUT2D eigenvalue weighted by Crippen LogP contribution is 2.31. The summed E-state index contributed by atoms with van der Waals surface area (Å²) in [5.74, 6) is 2.06. The molecular weight excluding hydrogens is 418 g/mol. The fraction of sp³-hybridized carbons (Fsp3) is 0.250. The topological polar surface area (TPSA) is 115 Å². The van der Waals surface area contributed by atoms with Crippen LogP contribution < -0.4 is 20.1 Å². The van der Waals surface area contributed by atoms with Gasteiger partial charge in [0.15, 0.2) is 0 Å². The fourth-order valence-corrected chi connectivity index (χ4v) is 4.06. The molecule has 4 aromatic rings. The highest BCUT2D eigenvalue weighted by Gasteiger charge is 2.33. The van der Waals surface area contributed by atoms with Crippen LogP contribution in [0.1, 0.15) is 12.5 Å². The molecule has 0 unspecified atom stereocenters. The lowest BCUT2D eigenvalue weighted by atomic mass is 10.1. The normalized spacial score (nSPS) is 17.8. The molecule has 2 atom stereocenters. The zero-order valence-corrected chi connectivity index (χ0v) is 18.1. The van der Waals surface area contributed by atoms with Crippen LogP contribution in [-0.2, 0) is 0 Å². The number of nitriles is 1. The van der Waals surface area contributed by atoms with Crippen LogP contribution >= 0.6 is 0 Å². The van der Waals surface area contributed by atoms with E-state index in [1.54, 1.807) is 29.3 Å². The Labute approximate surface area is 191 Å². The Bertz CT molecular complexity index is 1300. The molecular formula is C24H23N7O2. The number of aromatic nitrogens is 4. The molecule has 0 aromatic carbocycles. The van der Waals surface area contributed by atoms with E-state index in [-0.39, 0.29) is 12.1 Å². The van der Waals surface area contributed by atoms with Gasteiger partial charge in [-0.25, -0.2) is 14.5 Å². The molecule has 0 bridgehead atoms. The lowest BCUT2D eigenvalue weighted by Crippen LogP contribution is -2.37. The molecule has 0 spiro atoms. The van der Waals surface area contributed by atoms with Gasteiger partial charge in [0.25, 0.3) is 0 Å². The van der Waals surface area contributed by atoms with Gasteiger partial charge in [0.05, 0.1) is 42.7 Å². The standard InChI is InChI=1S/C24H23N7O2/c1-2-32-18-9-19(24-17(10-25)12-29-31(24)13-18)16-6-7-22(28-11-16)30-14-20(26)21(15-30)33-23-5-3-4-8-27-23/h3-9,11-13,20-21H,2,14-15,26H2,1H3/t20-,21+/m0/s1. The summed E-state index contributed by atoms with van der Waals surface area (Å²) in [6.07, 6.45) is 6.66. The molecule has 9 heteroatoms. The van der Waals surface area contributed by atoms with Crippen molar-refractivity contribution in [1.82, 2.24) is 19.6 Å². The minimum atomic E-state index is -0.172. The zero-order valence-electron chi connectivity index (χ0n) is 18.1. The number of fused-ring (bicyclic) bond motifs is 1. The van der Waals surface area contributed by atoms with Crippen LogP contribution in [-0.4, -0.2) is 51.4 Å². The van der Waals surface area contributed by atoms with Crippen molar-refractivity contribution in [3.8, 4) is 28.8 Å². The van der Waals surface area contributed by atoms with Gasteiger partial charge in [-0.05, 0) is 31.2 Å². The maximum atomic E-state index is 9.53. The van der Waals surface area contributed by atoms with Crippen molar-refractivity contribution >= 4 is 11.3 Å². The monoisotopic (exact) mass is 441 g/mol. The van der Waals surface area contributed by atoms with Crippen LogP contribution in [0.5, 0.6) is 11.6 Å². The first kappa shape index (κ1) is 20.7. The largest absolute Gasteiger partial charge is 0.492 e. The molecule has 2 N–H and O–H groups in total. The van der Waals surface area contributed by atoms with Gasteiger partial charge >= 0.3 is 0 Å². The van der Waals surface area contributed by atoms with E-state index >= 15 is 0 Å². The Morgan fingerprint density at radius 2 is 2.09 bits per heavy atom. The molecule has 0 amide bonds. The van der Waals surface area contributed by atoms with Crippen LogP contribution in [0.25, 0.3) is 16.6 Å². The first-order valence-corrected chi connectivity index (χ1v) is 10.7. The summed E-state index contributed by atoms with van der Waals surface area (Å²) in [6, 6.07) is 13.5. The van der Waals surface area contributed by atoms with Gasteiger partial charge in [0.2, 0.25) is 5.88 Å². The molecule has 0 saturated carbocycles. The molecule has 1 saturated heterocycles. The zero-order chi connectivity index (χ0) is 22.8. The predicted molar refractivity (Wildman–Crippen MR) is 123 cm³/mol. The highest BCUT2D eigenvalue weighted by atomic mass is 16.5. The summed E-state index contributed by atoms with van der Waals surface area (Å²) < 4.78 is 13.3. The average Bonchev–Trinajstić information content (AvgIpc) is 3.43. The fourth-order valence-electron chi connectivity index (χ4n) is 4.06. The quantitative estimate of drug-likeness (QED) is 0.486. The third-order valence-corrected chi connectivity index (χ3v) is 5.62. The van der Waals surface area contributed by atoms with Crippen LogP contribution in [0.15, 0.2) is 61.2 Å². The molecule has 1 aliphatic rings. The first-order chi connectivity index (χ1) is 16.2. The molecule has 5 rings (SSSR count). The number of anilines is 1.